The average molecular weight is 273 g/mol. The third-order valence-corrected chi connectivity index (χ3v) is 1.90. The van der Waals surface area contributed by atoms with Crippen LogP contribution in [0.1, 0.15) is 20.8 Å². The van der Waals surface area contributed by atoms with Crippen molar-refractivity contribution >= 4 is 17.8 Å². The lowest BCUT2D eigenvalue weighted by atomic mass is 10.2. The van der Waals surface area contributed by atoms with Crippen molar-refractivity contribution in [3.8, 4) is 11.5 Å². The van der Waals surface area contributed by atoms with Gasteiger partial charge in [0.05, 0.1) is 5.88 Å². The molecule has 1 aromatic carbocycles. The van der Waals surface area contributed by atoms with Crippen molar-refractivity contribution in [1.82, 2.24) is 0 Å². The van der Waals surface area contributed by atoms with Crippen LogP contribution in [0.5, 0.6) is 11.5 Å². The van der Waals surface area contributed by atoms with E-state index in [0.717, 1.165) is 0 Å². The molecule has 0 fully saturated rings. The van der Waals surface area contributed by atoms with E-state index >= 15 is 0 Å². The fraction of sp³-hybridized carbons (Fsp3) is 0.462. The van der Waals surface area contributed by atoms with Gasteiger partial charge in [-0.2, -0.15) is 0 Å². The first-order valence-electron chi connectivity index (χ1n) is 5.60. The zero-order chi connectivity index (χ0) is 13.6. The molecule has 0 unspecified atom stereocenters. The van der Waals surface area contributed by atoms with Crippen LogP contribution in [-0.4, -0.2) is 24.2 Å². The molecule has 0 aliphatic carbocycles. The van der Waals surface area contributed by atoms with Crippen LogP contribution < -0.4 is 9.47 Å². The van der Waals surface area contributed by atoms with Gasteiger partial charge in [-0.15, -0.1) is 11.6 Å². The lowest BCUT2D eigenvalue weighted by molar-refractivity contribution is 0.0206. The van der Waals surface area contributed by atoms with E-state index in [1.807, 2.05) is 0 Å². The van der Waals surface area contributed by atoms with Crippen LogP contribution in [0.15, 0.2) is 24.3 Å². The summed E-state index contributed by atoms with van der Waals surface area (Å²) in [4.78, 5) is 11.4. The summed E-state index contributed by atoms with van der Waals surface area (Å²) in [5, 5.41) is 0. The number of hydrogen-bond donors (Lipinski definition) is 0. The minimum atomic E-state index is -0.739. The van der Waals surface area contributed by atoms with E-state index in [4.69, 9.17) is 25.8 Å². The van der Waals surface area contributed by atoms with Gasteiger partial charge in [0.25, 0.3) is 0 Å². The molecule has 0 N–H and O–H groups in total. The molecule has 4 nitrogen and oxygen atoms in total. The van der Waals surface area contributed by atoms with Gasteiger partial charge in [-0.25, -0.2) is 4.79 Å². The van der Waals surface area contributed by atoms with E-state index in [1.54, 1.807) is 45.0 Å². The smallest absolute Gasteiger partial charge is 0.492 e. The SMILES string of the molecule is CC(C)(C)OC(=O)Oc1cccc(OCCCl)c1. The summed E-state index contributed by atoms with van der Waals surface area (Å²) in [6, 6.07) is 6.74. The number of halogens is 1. The Kier molecular flexibility index (Phi) is 5.28. The second-order valence-corrected chi connectivity index (χ2v) is 4.96. The number of hydrogen-bond acceptors (Lipinski definition) is 4. The molecular weight excluding hydrogens is 256 g/mol. The van der Waals surface area contributed by atoms with Crippen molar-refractivity contribution in [1.29, 1.82) is 0 Å². The third kappa shape index (κ3) is 5.77. The maximum atomic E-state index is 11.4. The Balaban J connectivity index is 2.59. The van der Waals surface area contributed by atoms with E-state index in [-0.39, 0.29) is 0 Å². The molecule has 0 aliphatic heterocycles. The highest BCUT2D eigenvalue weighted by molar-refractivity contribution is 6.18. The van der Waals surface area contributed by atoms with Gasteiger partial charge in [-0.05, 0) is 32.9 Å². The van der Waals surface area contributed by atoms with Crippen LogP contribution in [0.2, 0.25) is 0 Å². The molecule has 0 aliphatic rings. The van der Waals surface area contributed by atoms with Crippen LogP contribution >= 0.6 is 11.6 Å². The standard InChI is InChI=1S/C13H17ClO4/c1-13(2,3)18-12(15)17-11-6-4-5-10(9-11)16-8-7-14/h4-6,9H,7-8H2,1-3H3. The molecule has 0 aromatic heterocycles. The third-order valence-electron chi connectivity index (χ3n) is 1.74. The lowest BCUT2D eigenvalue weighted by Crippen LogP contribution is -2.25. The Morgan fingerprint density at radius 1 is 1.28 bits per heavy atom. The molecule has 0 heterocycles. The molecule has 0 bridgehead atoms. The minimum Gasteiger partial charge on any atom is -0.492 e. The van der Waals surface area contributed by atoms with Crippen LogP contribution in [0, 0.1) is 0 Å². The van der Waals surface area contributed by atoms with Gasteiger partial charge >= 0.3 is 6.16 Å². The van der Waals surface area contributed by atoms with Crippen molar-refractivity contribution in [2.75, 3.05) is 12.5 Å². The predicted molar refractivity (Wildman–Crippen MR) is 69.5 cm³/mol. The lowest BCUT2D eigenvalue weighted by Gasteiger charge is -2.18. The summed E-state index contributed by atoms with van der Waals surface area (Å²) >= 11 is 5.52. The molecule has 0 amide bonds. The predicted octanol–water partition coefficient (Wildman–Crippen LogP) is 3.62. The van der Waals surface area contributed by atoms with Crippen LogP contribution in [0.25, 0.3) is 0 Å². The van der Waals surface area contributed by atoms with Crippen molar-refractivity contribution in [3.05, 3.63) is 24.3 Å². The average Bonchev–Trinajstić information content (AvgIpc) is 2.24. The first-order chi connectivity index (χ1) is 8.40. The highest BCUT2D eigenvalue weighted by Gasteiger charge is 2.18. The molecule has 0 atom stereocenters. The van der Waals surface area contributed by atoms with Gasteiger partial charge in [-0.3, -0.25) is 0 Å². The summed E-state index contributed by atoms with van der Waals surface area (Å²) in [6.45, 7) is 5.72. The van der Waals surface area contributed by atoms with Gasteiger partial charge in [-0.1, -0.05) is 6.07 Å². The molecule has 0 saturated heterocycles. The fourth-order valence-electron chi connectivity index (χ4n) is 1.15. The number of ether oxygens (including phenoxy) is 3. The highest BCUT2D eigenvalue weighted by Crippen LogP contribution is 2.20. The second kappa shape index (κ2) is 6.50. The molecule has 0 spiro atoms. The van der Waals surface area contributed by atoms with E-state index in [2.05, 4.69) is 0 Å². The van der Waals surface area contributed by atoms with Gasteiger partial charge in [0.2, 0.25) is 0 Å². The summed E-state index contributed by atoms with van der Waals surface area (Å²) in [5.74, 6) is 1.37. The summed E-state index contributed by atoms with van der Waals surface area (Å²) in [5.41, 5.74) is -0.580. The summed E-state index contributed by atoms with van der Waals surface area (Å²) in [6.07, 6.45) is -0.739. The molecule has 0 radical (unpaired) electrons. The number of carbonyl (C=O) groups excluding carboxylic acids is 1. The number of rotatable bonds is 4. The van der Waals surface area contributed by atoms with Gasteiger partial charge in [0, 0.05) is 6.07 Å². The van der Waals surface area contributed by atoms with E-state index in [1.165, 1.54) is 0 Å². The van der Waals surface area contributed by atoms with E-state index in [0.29, 0.717) is 24.0 Å². The quantitative estimate of drug-likeness (QED) is 0.477. The number of benzene rings is 1. The largest absolute Gasteiger partial charge is 0.514 e. The molecule has 18 heavy (non-hydrogen) atoms. The topological polar surface area (TPSA) is 44.8 Å². The van der Waals surface area contributed by atoms with Crippen LogP contribution in [0.4, 0.5) is 4.79 Å². The van der Waals surface area contributed by atoms with Crippen molar-refractivity contribution in [2.45, 2.75) is 26.4 Å². The monoisotopic (exact) mass is 272 g/mol. The number of carbonyl (C=O) groups is 1. The highest BCUT2D eigenvalue weighted by atomic mass is 35.5. The molecule has 5 heteroatoms. The molecular formula is C13H17ClO4. The van der Waals surface area contributed by atoms with Crippen molar-refractivity contribution < 1.29 is 19.0 Å². The first kappa shape index (κ1) is 14.6. The minimum absolute atomic E-state index is 0.372. The fourth-order valence-corrected chi connectivity index (χ4v) is 1.23. The van der Waals surface area contributed by atoms with Gasteiger partial charge in [0.15, 0.2) is 0 Å². The Bertz CT molecular complexity index is 398. The number of alkyl halides is 1. The Hall–Kier alpha value is -1.42. The maximum absolute atomic E-state index is 11.4. The van der Waals surface area contributed by atoms with Crippen molar-refractivity contribution in [2.24, 2.45) is 0 Å². The normalized spacial score (nSPS) is 10.9. The molecule has 0 saturated carbocycles. The Morgan fingerprint density at radius 2 is 1.94 bits per heavy atom. The second-order valence-electron chi connectivity index (χ2n) is 4.58. The maximum Gasteiger partial charge on any atom is 0.514 e. The van der Waals surface area contributed by atoms with Crippen molar-refractivity contribution in [3.63, 3.8) is 0 Å². The summed E-state index contributed by atoms with van der Waals surface area (Å²) < 4.78 is 15.4. The van der Waals surface area contributed by atoms with E-state index in [9.17, 15) is 4.79 Å². The Morgan fingerprint density at radius 3 is 2.56 bits per heavy atom. The van der Waals surface area contributed by atoms with Gasteiger partial charge in [0.1, 0.15) is 23.7 Å². The van der Waals surface area contributed by atoms with Gasteiger partial charge < -0.3 is 14.2 Å². The molecule has 1 rings (SSSR count). The van der Waals surface area contributed by atoms with E-state index < -0.39 is 11.8 Å². The first-order valence-corrected chi connectivity index (χ1v) is 6.14. The summed E-state index contributed by atoms with van der Waals surface area (Å²) in [7, 11) is 0. The molecule has 100 valence electrons. The zero-order valence-electron chi connectivity index (χ0n) is 10.7. The zero-order valence-corrected chi connectivity index (χ0v) is 11.5. The molecule has 1 aromatic rings. The van der Waals surface area contributed by atoms with Crippen LogP contribution in [-0.2, 0) is 4.74 Å². The Labute approximate surface area is 112 Å². The van der Waals surface area contributed by atoms with Crippen LogP contribution in [0.3, 0.4) is 0 Å².